The molecule has 0 aliphatic carbocycles. The summed E-state index contributed by atoms with van der Waals surface area (Å²) in [4.78, 5) is 27.4. The number of rotatable bonds is 4. The number of carbonyl (C=O) groups excluding carboxylic acids is 2. The van der Waals surface area contributed by atoms with Crippen LogP contribution in [0.1, 0.15) is 31.9 Å². The number of hydrogen-bond donors (Lipinski definition) is 2. The highest BCUT2D eigenvalue weighted by Gasteiger charge is 2.44. The van der Waals surface area contributed by atoms with Gasteiger partial charge in [0.1, 0.15) is 11.4 Å². The van der Waals surface area contributed by atoms with Gasteiger partial charge in [0, 0.05) is 25.7 Å². The molecule has 1 aromatic rings. The number of nitrogens with zero attached hydrogens (tertiary/aromatic N) is 2. The number of imide groups is 1. The standard InChI is InChI=1S/C17H22FN3O3/c1-17(2)15(23)21(16(24)19-17)7-6-20-10-13(22)9-14(20)11-4-3-5-12(18)8-11/h3-5,8,13-14,22H,6-7,9-10H2,1-2H3,(H,19,24)/t13-,14+/m0/s1. The molecule has 1 aromatic carbocycles. The van der Waals surface area contributed by atoms with Crippen molar-refractivity contribution in [3.8, 4) is 0 Å². The van der Waals surface area contributed by atoms with E-state index in [0.29, 0.717) is 19.5 Å². The van der Waals surface area contributed by atoms with E-state index in [1.807, 2.05) is 11.0 Å². The highest BCUT2D eigenvalue weighted by Crippen LogP contribution is 2.32. The molecule has 130 valence electrons. The van der Waals surface area contributed by atoms with Crippen LogP contribution in [-0.4, -0.2) is 58.1 Å². The minimum atomic E-state index is -0.885. The lowest BCUT2D eigenvalue weighted by atomic mass is 10.0. The highest BCUT2D eigenvalue weighted by atomic mass is 19.1. The van der Waals surface area contributed by atoms with Crippen molar-refractivity contribution in [1.82, 2.24) is 15.1 Å². The zero-order chi connectivity index (χ0) is 17.5. The molecule has 6 nitrogen and oxygen atoms in total. The number of aliphatic hydroxyl groups is 1. The molecule has 0 radical (unpaired) electrons. The summed E-state index contributed by atoms with van der Waals surface area (Å²) in [6, 6.07) is 5.81. The SMILES string of the molecule is CC1(C)NC(=O)N(CCN2C[C@@H](O)C[C@@H]2c2cccc(F)c2)C1=O. The Labute approximate surface area is 140 Å². The van der Waals surface area contributed by atoms with Crippen molar-refractivity contribution >= 4 is 11.9 Å². The fourth-order valence-corrected chi connectivity index (χ4v) is 3.44. The van der Waals surface area contributed by atoms with E-state index in [1.165, 1.54) is 17.0 Å². The second-order valence-electron chi connectivity index (χ2n) is 6.97. The quantitative estimate of drug-likeness (QED) is 0.813. The molecule has 2 saturated heterocycles. The lowest BCUT2D eigenvalue weighted by molar-refractivity contribution is -0.130. The van der Waals surface area contributed by atoms with Gasteiger partial charge in [0.25, 0.3) is 5.91 Å². The molecule has 24 heavy (non-hydrogen) atoms. The number of nitrogens with one attached hydrogen (secondary N) is 1. The van der Waals surface area contributed by atoms with E-state index in [2.05, 4.69) is 5.32 Å². The lowest BCUT2D eigenvalue weighted by Crippen LogP contribution is -2.42. The third-order valence-electron chi connectivity index (χ3n) is 4.67. The van der Waals surface area contributed by atoms with Gasteiger partial charge in [0.2, 0.25) is 0 Å². The van der Waals surface area contributed by atoms with Gasteiger partial charge in [-0.3, -0.25) is 14.6 Å². The van der Waals surface area contributed by atoms with Gasteiger partial charge in [-0.1, -0.05) is 12.1 Å². The van der Waals surface area contributed by atoms with Crippen LogP contribution in [0.15, 0.2) is 24.3 Å². The first-order chi connectivity index (χ1) is 11.3. The summed E-state index contributed by atoms with van der Waals surface area (Å²) >= 11 is 0. The Morgan fingerprint density at radius 2 is 2.08 bits per heavy atom. The molecule has 3 rings (SSSR count). The number of aliphatic hydroxyl groups excluding tert-OH is 1. The molecule has 2 fully saturated rings. The van der Waals surface area contributed by atoms with Gasteiger partial charge in [-0.15, -0.1) is 0 Å². The molecule has 0 spiro atoms. The zero-order valence-electron chi connectivity index (χ0n) is 13.8. The summed E-state index contributed by atoms with van der Waals surface area (Å²) in [5, 5.41) is 12.6. The monoisotopic (exact) mass is 335 g/mol. The van der Waals surface area contributed by atoms with Gasteiger partial charge < -0.3 is 10.4 Å². The van der Waals surface area contributed by atoms with Gasteiger partial charge in [-0.25, -0.2) is 9.18 Å². The van der Waals surface area contributed by atoms with E-state index in [1.54, 1.807) is 19.9 Å². The number of amides is 3. The normalized spacial score (nSPS) is 26.9. The molecule has 0 saturated carbocycles. The first kappa shape index (κ1) is 16.9. The number of halogens is 1. The Balaban J connectivity index is 1.70. The van der Waals surface area contributed by atoms with Crippen molar-refractivity contribution in [3.63, 3.8) is 0 Å². The summed E-state index contributed by atoms with van der Waals surface area (Å²) in [5.74, 6) is -0.570. The Morgan fingerprint density at radius 3 is 2.71 bits per heavy atom. The van der Waals surface area contributed by atoms with E-state index < -0.39 is 17.7 Å². The fraction of sp³-hybridized carbons (Fsp3) is 0.529. The Hall–Kier alpha value is -1.99. The number of benzene rings is 1. The maximum Gasteiger partial charge on any atom is 0.325 e. The lowest BCUT2D eigenvalue weighted by Gasteiger charge is -2.26. The molecule has 2 heterocycles. The molecular weight excluding hydrogens is 313 g/mol. The van der Waals surface area contributed by atoms with Crippen molar-refractivity contribution in [2.75, 3.05) is 19.6 Å². The van der Waals surface area contributed by atoms with Crippen LogP contribution >= 0.6 is 0 Å². The first-order valence-electron chi connectivity index (χ1n) is 8.09. The van der Waals surface area contributed by atoms with Gasteiger partial charge in [-0.2, -0.15) is 0 Å². The third kappa shape index (κ3) is 3.14. The maximum atomic E-state index is 13.5. The van der Waals surface area contributed by atoms with Gasteiger partial charge in [-0.05, 0) is 38.0 Å². The Morgan fingerprint density at radius 1 is 1.33 bits per heavy atom. The number of hydrogen-bond acceptors (Lipinski definition) is 4. The third-order valence-corrected chi connectivity index (χ3v) is 4.67. The molecular formula is C17H22FN3O3. The van der Waals surface area contributed by atoms with Gasteiger partial charge in [0.15, 0.2) is 0 Å². The molecule has 0 aromatic heterocycles. The van der Waals surface area contributed by atoms with E-state index in [4.69, 9.17) is 0 Å². The molecule has 2 N–H and O–H groups in total. The Kier molecular flexibility index (Phi) is 4.31. The van der Waals surface area contributed by atoms with Crippen molar-refractivity contribution in [2.45, 2.75) is 38.0 Å². The topological polar surface area (TPSA) is 72.9 Å². The summed E-state index contributed by atoms with van der Waals surface area (Å²) in [5.41, 5.74) is -0.0899. The Bertz CT molecular complexity index is 664. The molecule has 2 atom stereocenters. The predicted molar refractivity (Wildman–Crippen MR) is 85.7 cm³/mol. The van der Waals surface area contributed by atoms with Crippen molar-refractivity contribution < 1.29 is 19.1 Å². The van der Waals surface area contributed by atoms with Crippen LogP contribution in [0.4, 0.5) is 9.18 Å². The molecule has 3 amide bonds. The van der Waals surface area contributed by atoms with E-state index >= 15 is 0 Å². The predicted octanol–water partition coefficient (Wildman–Crippen LogP) is 1.26. The molecule has 2 aliphatic rings. The summed E-state index contributed by atoms with van der Waals surface area (Å²) < 4.78 is 13.5. The number of β-amino-alcohol motifs (C(OH)–C–C–N with tert-alkyl or cyclic N) is 1. The van der Waals surface area contributed by atoms with Gasteiger partial charge in [0.05, 0.1) is 6.10 Å². The summed E-state index contributed by atoms with van der Waals surface area (Å²) in [6.07, 6.45) is 0.00699. The van der Waals surface area contributed by atoms with Crippen LogP contribution in [-0.2, 0) is 4.79 Å². The smallest absolute Gasteiger partial charge is 0.325 e. The highest BCUT2D eigenvalue weighted by molar-refractivity contribution is 6.06. The average molecular weight is 335 g/mol. The van der Waals surface area contributed by atoms with Gasteiger partial charge >= 0.3 is 6.03 Å². The summed E-state index contributed by atoms with van der Waals surface area (Å²) in [7, 11) is 0. The van der Waals surface area contributed by atoms with Crippen LogP contribution < -0.4 is 5.32 Å². The number of carbonyl (C=O) groups is 2. The molecule has 2 aliphatic heterocycles. The van der Waals surface area contributed by atoms with Crippen LogP contribution in [0, 0.1) is 5.82 Å². The molecule has 0 bridgehead atoms. The second kappa shape index (κ2) is 6.14. The molecule has 7 heteroatoms. The minimum absolute atomic E-state index is 0.121. The van der Waals surface area contributed by atoms with E-state index in [0.717, 1.165) is 5.56 Å². The largest absolute Gasteiger partial charge is 0.392 e. The maximum absolute atomic E-state index is 13.5. The average Bonchev–Trinajstić information content (AvgIpc) is 2.95. The van der Waals surface area contributed by atoms with Crippen LogP contribution in [0.2, 0.25) is 0 Å². The van der Waals surface area contributed by atoms with Crippen molar-refractivity contribution in [2.24, 2.45) is 0 Å². The van der Waals surface area contributed by atoms with Crippen LogP contribution in [0.3, 0.4) is 0 Å². The number of likely N-dealkylation sites (tertiary alicyclic amines) is 1. The van der Waals surface area contributed by atoms with E-state index in [9.17, 15) is 19.1 Å². The zero-order valence-corrected chi connectivity index (χ0v) is 13.8. The van der Waals surface area contributed by atoms with E-state index in [-0.39, 0.29) is 24.3 Å². The fourth-order valence-electron chi connectivity index (χ4n) is 3.44. The minimum Gasteiger partial charge on any atom is -0.392 e. The van der Waals surface area contributed by atoms with Crippen molar-refractivity contribution in [1.29, 1.82) is 0 Å². The second-order valence-corrected chi connectivity index (χ2v) is 6.97. The molecule has 0 unspecified atom stereocenters. The first-order valence-corrected chi connectivity index (χ1v) is 8.09. The number of urea groups is 1. The van der Waals surface area contributed by atoms with Crippen LogP contribution in [0.5, 0.6) is 0 Å². The van der Waals surface area contributed by atoms with Crippen LogP contribution in [0.25, 0.3) is 0 Å². The van der Waals surface area contributed by atoms with Crippen molar-refractivity contribution in [3.05, 3.63) is 35.6 Å². The summed E-state index contributed by atoms with van der Waals surface area (Å²) in [6.45, 7) is 4.46.